The fourth-order valence-corrected chi connectivity index (χ4v) is 2.65. The summed E-state index contributed by atoms with van der Waals surface area (Å²) in [5, 5.41) is 0. The summed E-state index contributed by atoms with van der Waals surface area (Å²) in [5.74, 6) is -0.300. The zero-order valence-electron chi connectivity index (χ0n) is 12.0. The summed E-state index contributed by atoms with van der Waals surface area (Å²) in [7, 11) is 0. The van der Waals surface area contributed by atoms with Gasteiger partial charge in [-0.05, 0) is 23.3 Å². The maximum atomic E-state index is 13.1. The van der Waals surface area contributed by atoms with Crippen molar-refractivity contribution in [2.24, 2.45) is 5.73 Å². The van der Waals surface area contributed by atoms with Crippen LogP contribution in [0.25, 0.3) is 0 Å². The molecule has 0 radical (unpaired) electrons. The Labute approximate surface area is 128 Å². The number of ether oxygens (including phenoxy) is 1. The van der Waals surface area contributed by atoms with Gasteiger partial charge < -0.3 is 15.4 Å². The van der Waals surface area contributed by atoms with Gasteiger partial charge in [0.15, 0.2) is 0 Å². The number of primary amides is 1. The molecule has 3 rings (SSSR count). The largest absolute Gasteiger partial charge is 0.362 e. The lowest BCUT2D eigenvalue weighted by Gasteiger charge is -2.37. The minimum atomic E-state index is -0.476. The molecule has 1 aliphatic heterocycles. The number of morpholine rings is 1. The molecule has 2 aromatic rings. The first-order chi connectivity index (χ1) is 10.6. The van der Waals surface area contributed by atoms with E-state index < -0.39 is 6.03 Å². The Morgan fingerprint density at radius 1 is 1.00 bits per heavy atom. The molecule has 2 amide bonds. The molecular formula is C17H17FN2O2. The highest BCUT2D eigenvalue weighted by molar-refractivity contribution is 5.72. The average molecular weight is 300 g/mol. The summed E-state index contributed by atoms with van der Waals surface area (Å²) >= 11 is 0. The van der Waals surface area contributed by atoms with Crippen molar-refractivity contribution in [2.75, 3.05) is 13.1 Å². The molecule has 1 heterocycles. The van der Waals surface area contributed by atoms with Gasteiger partial charge in [0.25, 0.3) is 0 Å². The molecule has 1 saturated heterocycles. The zero-order chi connectivity index (χ0) is 15.5. The number of urea groups is 1. The summed E-state index contributed by atoms with van der Waals surface area (Å²) in [4.78, 5) is 13.2. The third kappa shape index (κ3) is 3.09. The molecule has 2 unspecified atom stereocenters. The summed E-state index contributed by atoms with van der Waals surface area (Å²) in [6.45, 7) is 0.779. The molecule has 0 saturated carbocycles. The third-order valence-corrected chi connectivity index (χ3v) is 3.83. The molecule has 22 heavy (non-hydrogen) atoms. The van der Waals surface area contributed by atoms with Crippen LogP contribution in [-0.2, 0) is 4.74 Å². The monoisotopic (exact) mass is 300 g/mol. The molecule has 2 aromatic carbocycles. The molecule has 0 bridgehead atoms. The molecule has 1 aliphatic rings. The van der Waals surface area contributed by atoms with Gasteiger partial charge >= 0.3 is 6.03 Å². The number of hydrogen-bond acceptors (Lipinski definition) is 2. The second kappa shape index (κ2) is 6.15. The van der Waals surface area contributed by atoms with E-state index in [4.69, 9.17) is 10.5 Å². The number of amides is 2. The highest BCUT2D eigenvalue weighted by atomic mass is 19.1. The fraction of sp³-hybridized carbons (Fsp3) is 0.235. The van der Waals surface area contributed by atoms with Crippen LogP contribution in [0.4, 0.5) is 9.18 Å². The van der Waals surface area contributed by atoms with Crippen LogP contribution in [0.5, 0.6) is 0 Å². The number of halogens is 1. The van der Waals surface area contributed by atoms with Crippen molar-refractivity contribution in [3.8, 4) is 0 Å². The van der Waals surface area contributed by atoms with Gasteiger partial charge in [-0.15, -0.1) is 0 Å². The molecular weight excluding hydrogens is 283 g/mol. The Morgan fingerprint density at radius 2 is 1.55 bits per heavy atom. The van der Waals surface area contributed by atoms with E-state index in [1.165, 1.54) is 12.1 Å². The topological polar surface area (TPSA) is 55.6 Å². The number of nitrogens with two attached hydrogens (primary N) is 1. The van der Waals surface area contributed by atoms with Crippen LogP contribution >= 0.6 is 0 Å². The Kier molecular flexibility index (Phi) is 4.06. The van der Waals surface area contributed by atoms with Crippen molar-refractivity contribution in [3.05, 3.63) is 71.5 Å². The Balaban J connectivity index is 1.87. The number of benzene rings is 2. The molecule has 0 spiro atoms. The normalized spacial score (nSPS) is 21.6. The van der Waals surface area contributed by atoms with Crippen LogP contribution in [0, 0.1) is 5.82 Å². The first-order valence-corrected chi connectivity index (χ1v) is 7.14. The van der Waals surface area contributed by atoms with Crippen LogP contribution < -0.4 is 5.73 Å². The maximum Gasteiger partial charge on any atom is 0.314 e. The van der Waals surface area contributed by atoms with E-state index >= 15 is 0 Å². The van der Waals surface area contributed by atoms with Gasteiger partial charge in [0.2, 0.25) is 0 Å². The van der Waals surface area contributed by atoms with Crippen molar-refractivity contribution in [1.29, 1.82) is 0 Å². The molecule has 2 atom stereocenters. The van der Waals surface area contributed by atoms with E-state index in [1.54, 1.807) is 17.0 Å². The first-order valence-electron chi connectivity index (χ1n) is 7.14. The van der Waals surface area contributed by atoms with Crippen molar-refractivity contribution in [3.63, 3.8) is 0 Å². The molecule has 1 fully saturated rings. The minimum absolute atomic E-state index is 0.252. The summed E-state index contributed by atoms with van der Waals surface area (Å²) in [6.07, 6.45) is -0.579. The van der Waals surface area contributed by atoms with E-state index in [9.17, 15) is 9.18 Å². The minimum Gasteiger partial charge on any atom is -0.362 e. The van der Waals surface area contributed by atoms with E-state index in [0.717, 1.165) is 11.1 Å². The highest BCUT2D eigenvalue weighted by Gasteiger charge is 2.31. The van der Waals surface area contributed by atoms with Gasteiger partial charge in [0.1, 0.15) is 18.0 Å². The number of hydrogen-bond donors (Lipinski definition) is 1. The lowest BCUT2D eigenvalue weighted by atomic mass is 10.0. The summed E-state index contributed by atoms with van der Waals surface area (Å²) in [5.41, 5.74) is 7.26. The Bertz CT molecular complexity index is 645. The molecule has 4 nitrogen and oxygen atoms in total. The van der Waals surface area contributed by atoms with Crippen molar-refractivity contribution in [1.82, 2.24) is 4.90 Å². The first kappa shape index (κ1) is 14.5. The van der Waals surface area contributed by atoms with Crippen LogP contribution in [0.15, 0.2) is 54.6 Å². The van der Waals surface area contributed by atoms with Crippen LogP contribution in [0.3, 0.4) is 0 Å². The van der Waals surface area contributed by atoms with Gasteiger partial charge in [-0.2, -0.15) is 0 Å². The maximum absolute atomic E-state index is 13.1. The predicted octanol–water partition coefficient (Wildman–Crippen LogP) is 3.02. The number of nitrogens with zero attached hydrogens (tertiary/aromatic N) is 1. The molecule has 0 aromatic heterocycles. The quantitative estimate of drug-likeness (QED) is 0.927. The van der Waals surface area contributed by atoms with E-state index in [-0.39, 0.29) is 18.0 Å². The predicted molar refractivity (Wildman–Crippen MR) is 80.6 cm³/mol. The van der Waals surface area contributed by atoms with E-state index in [0.29, 0.717) is 13.1 Å². The SMILES string of the molecule is NC(=O)N1CC(c2ccccc2)OC(c2ccc(F)cc2)C1. The fourth-order valence-electron chi connectivity index (χ4n) is 2.65. The van der Waals surface area contributed by atoms with Crippen LogP contribution in [0.2, 0.25) is 0 Å². The molecule has 0 aliphatic carbocycles. The lowest BCUT2D eigenvalue weighted by Crippen LogP contribution is -2.46. The number of rotatable bonds is 2. The smallest absolute Gasteiger partial charge is 0.314 e. The van der Waals surface area contributed by atoms with Crippen LogP contribution in [-0.4, -0.2) is 24.0 Å². The lowest BCUT2D eigenvalue weighted by molar-refractivity contribution is -0.0758. The van der Waals surface area contributed by atoms with Gasteiger partial charge in [-0.1, -0.05) is 42.5 Å². The van der Waals surface area contributed by atoms with Gasteiger partial charge in [-0.3, -0.25) is 0 Å². The molecule has 5 heteroatoms. The molecule has 2 N–H and O–H groups in total. The summed E-state index contributed by atoms with van der Waals surface area (Å²) in [6, 6.07) is 15.3. The van der Waals surface area contributed by atoms with Gasteiger partial charge in [0, 0.05) is 0 Å². The van der Waals surface area contributed by atoms with Crippen molar-refractivity contribution < 1.29 is 13.9 Å². The van der Waals surface area contributed by atoms with E-state index in [1.807, 2.05) is 30.3 Å². The standard InChI is InChI=1S/C17H17FN2O2/c18-14-8-6-13(7-9-14)16-11-20(17(19)21)10-15(22-16)12-4-2-1-3-5-12/h1-9,15-16H,10-11H2,(H2,19,21). The average Bonchev–Trinajstić information content (AvgIpc) is 2.56. The zero-order valence-corrected chi connectivity index (χ0v) is 12.0. The van der Waals surface area contributed by atoms with Gasteiger partial charge in [-0.25, -0.2) is 9.18 Å². The van der Waals surface area contributed by atoms with Crippen molar-refractivity contribution in [2.45, 2.75) is 12.2 Å². The number of carbonyl (C=O) groups is 1. The summed E-state index contributed by atoms with van der Waals surface area (Å²) < 4.78 is 19.2. The van der Waals surface area contributed by atoms with Crippen molar-refractivity contribution >= 4 is 6.03 Å². The second-order valence-electron chi connectivity index (χ2n) is 5.32. The number of carbonyl (C=O) groups excluding carboxylic acids is 1. The third-order valence-electron chi connectivity index (χ3n) is 3.83. The Hall–Kier alpha value is -2.40. The molecule has 114 valence electrons. The van der Waals surface area contributed by atoms with E-state index in [2.05, 4.69) is 0 Å². The second-order valence-corrected chi connectivity index (χ2v) is 5.32. The Morgan fingerprint density at radius 3 is 2.09 bits per heavy atom. The highest BCUT2D eigenvalue weighted by Crippen LogP contribution is 2.32. The van der Waals surface area contributed by atoms with Gasteiger partial charge in [0.05, 0.1) is 13.1 Å². The van der Waals surface area contributed by atoms with Crippen LogP contribution in [0.1, 0.15) is 23.3 Å².